The summed E-state index contributed by atoms with van der Waals surface area (Å²) in [5.74, 6) is -2.49. The number of benzene rings is 3. The Morgan fingerprint density at radius 1 is 0.891 bits per heavy atom. The van der Waals surface area contributed by atoms with Crippen molar-refractivity contribution in [2.45, 2.75) is 94.4 Å². The monoisotopic (exact) mass is 746 g/mol. The van der Waals surface area contributed by atoms with Crippen molar-refractivity contribution in [3.63, 3.8) is 0 Å². The first-order valence-corrected chi connectivity index (χ1v) is 19.0. The van der Waals surface area contributed by atoms with Gasteiger partial charge >= 0.3 is 0 Å². The number of aromatic amines is 1. The number of nitrogens with zero attached hydrogens (tertiary/aromatic N) is 2. The molecule has 0 radical (unpaired) electrons. The van der Waals surface area contributed by atoms with Crippen LogP contribution in [-0.4, -0.2) is 94.3 Å². The van der Waals surface area contributed by atoms with E-state index in [9.17, 15) is 28.8 Å². The van der Waals surface area contributed by atoms with Gasteiger partial charge in [-0.2, -0.15) is 0 Å². The second-order valence-corrected chi connectivity index (χ2v) is 15.1. The van der Waals surface area contributed by atoms with Crippen LogP contribution in [0.3, 0.4) is 0 Å². The molecule has 3 heterocycles. The number of amides is 4. The van der Waals surface area contributed by atoms with Gasteiger partial charge in [0.05, 0.1) is 6.04 Å². The number of fused-ring (bicyclic) bond motifs is 2. The van der Waals surface area contributed by atoms with Crippen LogP contribution in [0.1, 0.15) is 96.2 Å². The highest BCUT2D eigenvalue weighted by atomic mass is 16.2. The molecule has 4 amide bonds. The molecule has 55 heavy (non-hydrogen) atoms. The van der Waals surface area contributed by atoms with Crippen LogP contribution in [0.25, 0.3) is 10.9 Å². The van der Waals surface area contributed by atoms with E-state index in [4.69, 9.17) is 5.73 Å². The molecule has 4 aromatic rings. The lowest BCUT2D eigenvalue weighted by atomic mass is 9.85. The summed E-state index contributed by atoms with van der Waals surface area (Å²) in [6.07, 6.45) is 2.65. The van der Waals surface area contributed by atoms with E-state index < -0.39 is 35.8 Å². The Kier molecular flexibility index (Phi) is 12.2. The molecule has 5 atom stereocenters. The van der Waals surface area contributed by atoms with Crippen molar-refractivity contribution in [3.05, 3.63) is 107 Å². The maximum Gasteiger partial charge on any atom is 0.268 e. The summed E-state index contributed by atoms with van der Waals surface area (Å²) in [6, 6.07) is 23.2. The molecule has 1 aromatic heterocycles. The Bertz CT molecular complexity index is 2010. The Morgan fingerprint density at radius 2 is 1.56 bits per heavy atom. The quantitative estimate of drug-likeness (QED) is 0.138. The van der Waals surface area contributed by atoms with Gasteiger partial charge in [0.15, 0.2) is 11.6 Å². The zero-order valence-electron chi connectivity index (χ0n) is 31.6. The number of H-pyrrole nitrogens is 1. The fourth-order valence-corrected chi connectivity index (χ4v) is 8.12. The van der Waals surface area contributed by atoms with Gasteiger partial charge in [0.25, 0.3) is 5.91 Å². The van der Waals surface area contributed by atoms with Gasteiger partial charge in [-0.25, -0.2) is 0 Å². The van der Waals surface area contributed by atoms with E-state index in [0.717, 1.165) is 11.1 Å². The van der Waals surface area contributed by atoms with E-state index in [0.29, 0.717) is 48.6 Å². The third-order valence-corrected chi connectivity index (χ3v) is 11.2. The largest absolute Gasteiger partial charge is 0.370 e. The van der Waals surface area contributed by atoms with Crippen molar-refractivity contribution >= 4 is 46.1 Å². The second kappa shape index (κ2) is 17.2. The predicted molar refractivity (Wildman–Crippen MR) is 209 cm³/mol. The van der Waals surface area contributed by atoms with Gasteiger partial charge < -0.3 is 31.2 Å². The molecular weight excluding hydrogens is 697 g/mol. The fraction of sp³-hybridized carbons (Fsp3) is 0.395. The minimum atomic E-state index is -1.01. The van der Waals surface area contributed by atoms with E-state index in [2.05, 4.69) is 20.5 Å². The van der Waals surface area contributed by atoms with Crippen LogP contribution in [0.5, 0.6) is 0 Å². The number of hydrogen-bond donors (Lipinski definition) is 4. The van der Waals surface area contributed by atoms with Crippen LogP contribution in [0.4, 0.5) is 0 Å². The van der Waals surface area contributed by atoms with Crippen molar-refractivity contribution in [3.8, 4) is 0 Å². The summed E-state index contributed by atoms with van der Waals surface area (Å²) in [7, 11) is 3.97. The molecule has 0 spiro atoms. The van der Waals surface area contributed by atoms with Crippen molar-refractivity contribution in [2.75, 3.05) is 14.1 Å². The maximum absolute atomic E-state index is 14.5. The van der Waals surface area contributed by atoms with Crippen LogP contribution >= 0.6 is 0 Å². The Balaban J connectivity index is 1.23. The highest BCUT2D eigenvalue weighted by Gasteiger charge is 2.46. The van der Waals surface area contributed by atoms with Crippen LogP contribution in [0.15, 0.2) is 84.9 Å². The number of Topliss-reactive ketones (excluding diaryl/α,β-unsaturated/α-hetero) is 2. The average molecular weight is 747 g/mol. The molecular formula is C43H50N6O6. The number of carbonyl (C=O) groups is 6. The molecule has 2 aliphatic rings. The van der Waals surface area contributed by atoms with Gasteiger partial charge in [0, 0.05) is 47.3 Å². The highest BCUT2D eigenvalue weighted by molar-refractivity contribution is 6.03. The minimum absolute atomic E-state index is 0.0279. The molecule has 2 saturated heterocycles. The molecule has 0 bridgehead atoms. The Labute approximate surface area is 321 Å². The topological polar surface area (TPSA) is 175 Å². The maximum atomic E-state index is 14.5. The van der Waals surface area contributed by atoms with Crippen LogP contribution < -0.4 is 16.4 Å². The first kappa shape index (κ1) is 39.1. The van der Waals surface area contributed by atoms with E-state index >= 15 is 0 Å². The smallest absolute Gasteiger partial charge is 0.268 e. The number of nitrogens with one attached hydrogen (secondary N) is 3. The van der Waals surface area contributed by atoms with Crippen molar-refractivity contribution in [1.82, 2.24) is 25.4 Å². The lowest BCUT2D eigenvalue weighted by molar-refractivity contribution is -0.143. The molecule has 5 N–H and O–H groups in total. The number of aromatic nitrogens is 1. The van der Waals surface area contributed by atoms with E-state index in [1.54, 1.807) is 29.2 Å². The first-order chi connectivity index (χ1) is 26.4. The second-order valence-electron chi connectivity index (χ2n) is 15.1. The summed E-state index contributed by atoms with van der Waals surface area (Å²) in [5, 5.41) is 6.58. The Morgan fingerprint density at radius 3 is 2.18 bits per heavy atom. The molecule has 0 unspecified atom stereocenters. The van der Waals surface area contributed by atoms with Crippen LogP contribution in [0.2, 0.25) is 0 Å². The van der Waals surface area contributed by atoms with Crippen molar-refractivity contribution in [1.29, 1.82) is 0 Å². The minimum Gasteiger partial charge on any atom is -0.370 e. The summed E-state index contributed by atoms with van der Waals surface area (Å²) in [5.41, 5.74) is 8.88. The zero-order valence-corrected chi connectivity index (χ0v) is 31.6. The first-order valence-electron chi connectivity index (χ1n) is 19.0. The van der Waals surface area contributed by atoms with Gasteiger partial charge in [0.2, 0.25) is 17.7 Å². The van der Waals surface area contributed by atoms with E-state index in [1.807, 2.05) is 74.8 Å². The fourth-order valence-electron chi connectivity index (χ4n) is 8.12. The average Bonchev–Trinajstić information content (AvgIpc) is 3.80. The number of hydrogen-bond acceptors (Lipinski definition) is 7. The van der Waals surface area contributed by atoms with Crippen LogP contribution in [0, 0.1) is 0 Å². The van der Waals surface area contributed by atoms with Crippen molar-refractivity contribution in [2.24, 2.45) is 5.73 Å². The molecule has 12 nitrogen and oxygen atoms in total. The number of ketones is 2. The van der Waals surface area contributed by atoms with E-state index in [-0.39, 0.29) is 60.4 Å². The van der Waals surface area contributed by atoms with Gasteiger partial charge in [-0.3, -0.25) is 28.8 Å². The number of rotatable bonds is 14. The summed E-state index contributed by atoms with van der Waals surface area (Å²) < 4.78 is 0. The lowest BCUT2D eigenvalue weighted by Crippen LogP contribution is -2.59. The summed E-state index contributed by atoms with van der Waals surface area (Å²) >= 11 is 0. The molecule has 12 heteroatoms. The highest BCUT2D eigenvalue weighted by Crippen LogP contribution is 2.34. The summed E-state index contributed by atoms with van der Waals surface area (Å²) in [4.78, 5) is 87.2. The molecule has 0 aliphatic carbocycles. The number of carbonyl (C=O) groups excluding carboxylic acids is 6. The van der Waals surface area contributed by atoms with Gasteiger partial charge in [-0.05, 0) is 94.9 Å². The predicted octanol–water partition coefficient (Wildman–Crippen LogP) is 4.48. The molecule has 2 fully saturated rings. The molecule has 3 aromatic carbocycles. The lowest BCUT2D eigenvalue weighted by Gasteiger charge is -2.39. The van der Waals surface area contributed by atoms with Crippen LogP contribution in [-0.2, 0) is 19.2 Å². The third kappa shape index (κ3) is 9.20. The van der Waals surface area contributed by atoms with Gasteiger partial charge in [-0.1, -0.05) is 60.7 Å². The number of nitrogens with two attached hydrogens (primary N) is 1. The van der Waals surface area contributed by atoms with Gasteiger partial charge in [0.1, 0.15) is 17.8 Å². The number of primary amides is 1. The standard InChI is InChI=1S/C43H50N6O6/c1-26(50)29-14-17-34-30(22-29)23-37(45-34)41(53)47-36-18-15-31(48(2)3)24-32-16-20-38(49(32)43(36)55)42(54)46-35(19-21-40(44)52)39(51)25-33(27-10-6-4-7-11-27)28-12-8-5-9-13-28/h4-14,17,22-23,31-33,35-36,38,45H,15-16,18-21,24-25H2,1-3H3,(H2,44,52)(H,46,54)(H,47,53)/t31-,32-,35+,36+,38+/m1/s1. The zero-order chi connectivity index (χ0) is 39.2. The molecule has 288 valence electrons. The van der Waals surface area contributed by atoms with Crippen molar-refractivity contribution < 1.29 is 28.8 Å². The third-order valence-electron chi connectivity index (χ3n) is 11.2. The summed E-state index contributed by atoms with van der Waals surface area (Å²) in [6.45, 7) is 1.48. The molecule has 2 aliphatic heterocycles. The molecule has 0 saturated carbocycles. The van der Waals surface area contributed by atoms with E-state index in [1.165, 1.54) is 6.92 Å². The Hall–Kier alpha value is -5.62. The normalized spacial score (nSPS) is 20.5. The SMILES string of the molecule is CC(=O)c1ccc2[nH]c(C(=O)N[C@H]3CC[C@@H](N(C)C)C[C@H]4CC[C@@H](C(=O)N[C@@H](CCC(N)=O)C(=O)CC(c5ccccc5)c5ccccc5)N4C3=O)cc2c1. The molecule has 6 rings (SSSR count). The van der Waals surface area contributed by atoms with Gasteiger partial charge in [-0.15, -0.1) is 0 Å².